The first-order valence-corrected chi connectivity index (χ1v) is 10.7. The van der Waals surface area contributed by atoms with E-state index >= 15 is 0 Å². The maximum atomic E-state index is 11.1. The van der Waals surface area contributed by atoms with Gasteiger partial charge in [0.05, 0.1) is 29.3 Å². The van der Waals surface area contributed by atoms with E-state index in [1.807, 2.05) is 0 Å². The summed E-state index contributed by atoms with van der Waals surface area (Å²) in [5, 5.41) is 0. The lowest BCUT2D eigenvalue weighted by Crippen LogP contribution is -2.46. The van der Waals surface area contributed by atoms with E-state index in [2.05, 4.69) is 6.58 Å². The molecule has 0 heterocycles. The molecule has 13 heteroatoms. The average molecular weight is 394 g/mol. The van der Waals surface area contributed by atoms with Crippen molar-refractivity contribution in [2.24, 2.45) is 5.41 Å². The highest BCUT2D eigenvalue weighted by atomic mass is 32.2. The molecule has 3 N–H and O–H groups in total. The minimum atomic E-state index is -4.86. The molecule has 0 amide bonds. The Labute approximate surface area is 135 Å². The number of ether oxygens (including phenoxy) is 1. The van der Waals surface area contributed by atoms with Crippen LogP contribution in [0.4, 0.5) is 0 Å². The van der Waals surface area contributed by atoms with Crippen molar-refractivity contribution in [1.29, 1.82) is 0 Å². The maximum Gasteiger partial charge on any atom is 0.265 e. The van der Waals surface area contributed by atoms with Gasteiger partial charge in [-0.1, -0.05) is 6.58 Å². The summed E-state index contributed by atoms with van der Waals surface area (Å²) in [4.78, 5) is 0. The second-order valence-corrected chi connectivity index (χ2v) is 9.22. The molecule has 0 radical (unpaired) electrons. The van der Waals surface area contributed by atoms with E-state index in [9.17, 15) is 25.3 Å². The van der Waals surface area contributed by atoms with Gasteiger partial charge in [0.1, 0.15) is 5.76 Å². The molecule has 0 fully saturated rings. The lowest BCUT2D eigenvalue weighted by molar-refractivity contribution is 0.136. The van der Waals surface area contributed by atoms with Crippen LogP contribution in [0.15, 0.2) is 24.5 Å². The quantitative estimate of drug-likeness (QED) is 0.254. The maximum absolute atomic E-state index is 11.1. The predicted molar refractivity (Wildman–Crippen MR) is 81.6 cm³/mol. The van der Waals surface area contributed by atoms with Crippen molar-refractivity contribution in [2.75, 3.05) is 23.9 Å². The Kier molecular flexibility index (Phi) is 7.39. The summed E-state index contributed by atoms with van der Waals surface area (Å²) in [6.07, 6.45) is 2.55. The Morgan fingerprint density at radius 2 is 1.30 bits per heavy atom. The molecule has 0 aliphatic heterocycles. The van der Waals surface area contributed by atoms with E-state index in [4.69, 9.17) is 18.4 Å². The van der Waals surface area contributed by atoms with Gasteiger partial charge in [0.15, 0.2) is 0 Å². The van der Waals surface area contributed by atoms with Gasteiger partial charge in [-0.05, 0) is 19.1 Å². The Morgan fingerprint density at radius 1 is 0.957 bits per heavy atom. The minimum absolute atomic E-state index is 0.0652. The lowest BCUT2D eigenvalue weighted by Gasteiger charge is -2.30. The topological polar surface area (TPSA) is 172 Å². The van der Waals surface area contributed by atoms with Gasteiger partial charge >= 0.3 is 0 Å². The molecule has 0 aliphatic rings. The van der Waals surface area contributed by atoms with Crippen LogP contribution in [0.2, 0.25) is 0 Å². The Morgan fingerprint density at radius 3 is 1.52 bits per heavy atom. The summed E-state index contributed by atoms with van der Waals surface area (Å²) in [5.74, 6) is -4.08. The molecule has 0 aromatic rings. The van der Waals surface area contributed by atoms with E-state index in [0.29, 0.717) is 0 Å². The van der Waals surface area contributed by atoms with Crippen molar-refractivity contribution in [1.82, 2.24) is 0 Å². The third-order valence-electron chi connectivity index (χ3n) is 2.50. The third kappa shape index (κ3) is 10.4. The standard InChI is InChI=1S/C10H18O10S3/c1-3-9(4-2)20-5-10(6-21(11,12)13,7-22(14,15)16)8-23(17,18)19/h3-4H,1,5-8H2,2H3,(H,11,12,13)(H,14,15,16)(H,17,18,19)/b9-4+. The summed E-state index contributed by atoms with van der Waals surface area (Å²) in [5.41, 5.74) is -2.34. The van der Waals surface area contributed by atoms with E-state index in [-0.39, 0.29) is 5.76 Å². The Hall–Kier alpha value is -0.990. The third-order valence-corrected chi connectivity index (χ3v) is 5.43. The van der Waals surface area contributed by atoms with Crippen LogP contribution in [-0.4, -0.2) is 62.8 Å². The number of allylic oxidation sites excluding steroid dienone is 2. The molecule has 0 bridgehead atoms. The lowest BCUT2D eigenvalue weighted by atomic mass is 9.97. The van der Waals surface area contributed by atoms with Crippen LogP contribution in [-0.2, 0) is 35.1 Å². The van der Waals surface area contributed by atoms with Gasteiger partial charge in [-0.25, -0.2) is 0 Å². The molecule has 0 atom stereocenters. The molecule has 0 saturated carbocycles. The van der Waals surface area contributed by atoms with Gasteiger partial charge in [0.25, 0.3) is 30.4 Å². The predicted octanol–water partition coefficient (Wildman–Crippen LogP) is -0.257. The highest BCUT2D eigenvalue weighted by molar-refractivity contribution is 7.87. The fraction of sp³-hybridized carbons (Fsp3) is 0.600. The molecule has 10 nitrogen and oxygen atoms in total. The fourth-order valence-corrected chi connectivity index (χ4v) is 5.48. The van der Waals surface area contributed by atoms with Gasteiger partial charge in [-0.15, -0.1) is 0 Å². The Bertz CT molecular complexity index is 674. The largest absolute Gasteiger partial charge is 0.493 e. The van der Waals surface area contributed by atoms with Gasteiger partial charge in [-0.3, -0.25) is 13.7 Å². The van der Waals surface area contributed by atoms with E-state index in [1.165, 1.54) is 19.1 Å². The minimum Gasteiger partial charge on any atom is -0.493 e. The first-order chi connectivity index (χ1) is 10.1. The first-order valence-electron chi connectivity index (χ1n) is 5.88. The normalized spacial score (nSPS) is 14.5. The number of hydrogen-bond donors (Lipinski definition) is 3. The molecule has 136 valence electrons. The first kappa shape index (κ1) is 22.0. The summed E-state index contributed by atoms with van der Waals surface area (Å²) in [7, 11) is -14.6. The molecule has 0 spiro atoms. The fourth-order valence-electron chi connectivity index (χ4n) is 1.91. The molecule has 0 aliphatic carbocycles. The van der Waals surface area contributed by atoms with Crippen molar-refractivity contribution < 1.29 is 43.6 Å². The van der Waals surface area contributed by atoms with Crippen molar-refractivity contribution in [3.8, 4) is 0 Å². The van der Waals surface area contributed by atoms with Crippen LogP contribution in [0.25, 0.3) is 0 Å². The zero-order chi connectivity index (χ0) is 18.5. The monoisotopic (exact) mass is 394 g/mol. The Balaban J connectivity index is 5.95. The number of rotatable bonds is 10. The second kappa shape index (κ2) is 7.72. The zero-order valence-corrected chi connectivity index (χ0v) is 14.6. The van der Waals surface area contributed by atoms with Crippen molar-refractivity contribution in [3.05, 3.63) is 24.5 Å². The highest BCUT2D eigenvalue weighted by Gasteiger charge is 2.43. The van der Waals surface area contributed by atoms with Crippen molar-refractivity contribution >= 4 is 30.4 Å². The van der Waals surface area contributed by atoms with E-state index in [0.717, 1.165) is 0 Å². The highest BCUT2D eigenvalue weighted by Crippen LogP contribution is 2.26. The molecule has 0 unspecified atom stereocenters. The molecular formula is C10H18O10S3. The van der Waals surface area contributed by atoms with Gasteiger partial charge < -0.3 is 4.74 Å². The summed E-state index contributed by atoms with van der Waals surface area (Å²) < 4.78 is 98.6. The van der Waals surface area contributed by atoms with Crippen LogP contribution in [0.5, 0.6) is 0 Å². The average Bonchev–Trinajstić information content (AvgIpc) is 2.22. The van der Waals surface area contributed by atoms with E-state index < -0.39 is 59.6 Å². The van der Waals surface area contributed by atoms with Gasteiger partial charge in [0.2, 0.25) is 0 Å². The summed E-state index contributed by atoms with van der Waals surface area (Å²) >= 11 is 0. The summed E-state index contributed by atoms with van der Waals surface area (Å²) in [6, 6.07) is 0. The summed E-state index contributed by atoms with van der Waals surface area (Å²) in [6.45, 7) is 4.02. The van der Waals surface area contributed by atoms with E-state index in [1.54, 1.807) is 0 Å². The smallest absolute Gasteiger partial charge is 0.265 e. The van der Waals surface area contributed by atoms with Crippen LogP contribution in [0.3, 0.4) is 0 Å². The number of hydrogen-bond acceptors (Lipinski definition) is 7. The zero-order valence-electron chi connectivity index (χ0n) is 12.1. The molecule has 0 saturated heterocycles. The molecular weight excluding hydrogens is 376 g/mol. The molecule has 0 aromatic heterocycles. The van der Waals surface area contributed by atoms with Crippen LogP contribution in [0.1, 0.15) is 6.92 Å². The van der Waals surface area contributed by atoms with Crippen LogP contribution in [0, 0.1) is 5.41 Å². The van der Waals surface area contributed by atoms with Crippen LogP contribution < -0.4 is 0 Å². The second-order valence-electron chi connectivity index (χ2n) is 4.86. The van der Waals surface area contributed by atoms with Crippen molar-refractivity contribution in [2.45, 2.75) is 6.92 Å². The van der Waals surface area contributed by atoms with Gasteiger partial charge in [-0.2, -0.15) is 25.3 Å². The van der Waals surface area contributed by atoms with Gasteiger partial charge in [0, 0.05) is 0 Å². The molecule has 23 heavy (non-hydrogen) atoms. The van der Waals surface area contributed by atoms with Crippen molar-refractivity contribution in [3.63, 3.8) is 0 Å². The SMILES string of the molecule is C=C/C(=C\C)OCC(CS(=O)(=O)O)(CS(=O)(=O)O)CS(=O)(=O)O. The molecule has 0 rings (SSSR count). The van der Waals surface area contributed by atoms with Crippen LogP contribution >= 0.6 is 0 Å². The molecule has 0 aromatic carbocycles.